The van der Waals surface area contributed by atoms with E-state index in [2.05, 4.69) is 65.2 Å². The van der Waals surface area contributed by atoms with Crippen LogP contribution in [0.2, 0.25) is 0 Å². The van der Waals surface area contributed by atoms with Gasteiger partial charge in [-0.05, 0) is 38.3 Å². The van der Waals surface area contributed by atoms with Crippen molar-refractivity contribution in [3.63, 3.8) is 0 Å². The Morgan fingerprint density at radius 1 is 1.21 bits per heavy atom. The van der Waals surface area contributed by atoms with Gasteiger partial charge < -0.3 is 5.32 Å². The SMILES string of the molecule is CC1NNC(C)C1CC(=O)NCC1CCN(Cc2ccccc2)C1. The average molecular weight is 330 g/mol. The lowest BCUT2D eigenvalue weighted by Crippen LogP contribution is -2.35. The van der Waals surface area contributed by atoms with E-state index in [1.165, 1.54) is 12.0 Å². The van der Waals surface area contributed by atoms with E-state index in [-0.39, 0.29) is 5.91 Å². The molecule has 0 aromatic heterocycles. The monoisotopic (exact) mass is 330 g/mol. The predicted octanol–water partition coefficient (Wildman–Crippen LogP) is 1.52. The third-order valence-electron chi connectivity index (χ3n) is 5.45. The summed E-state index contributed by atoms with van der Waals surface area (Å²) in [6.45, 7) is 8.29. The van der Waals surface area contributed by atoms with E-state index in [1.807, 2.05) is 0 Å². The van der Waals surface area contributed by atoms with Crippen LogP contribution < -0.4 is 16.2 Å². The summed E-state index contributed by atoms with van der Waals surface area (Å²) in [5.74, 6) is 1.13. The number of hydrogen-bond donors (Lipinski definition) is 3. The molecule has 2 saturated heterocycles. The first-order valence-corrected chi connectivity index (χ1v) is 9.16. The van der Waals surface area contributed by atoms with Crippen molar-refractivity contribution in [1.29, 1.82) is 0 Å². The molecule has 3 unspecified atom stereocenters. The van der Waals surface area contributed by atoms with Crippen LogP contribution in [0.5, 0.6) is 0 Å². The highest BCUT2D eigenvalue weighted by Crippen LogP contribution is 2.20. The standard InChI is InChI=1S/C19H30N4O/c1-14-18(15(2)22-21-14)10-19(24)20-11-17-8-9-23(13-17)12-16-6-4-3-5-7-16/h3-7,14-15,17-18,21-22H,8-13H2,1-2H3,(H,20,24). The molecule has 1 aromatic rings. The zero-order valence-corrected chi connectivity index (χ0v) is 14.8. The van der Waals surface area contributed by atoms with Crippen molar-refractivity contribution in [1.82, 2.24) is 21.1 Å². The Bertz CT molecular complexity index is 525. The number of rotatable bonds is 6. The zero-order chi connectivity index (χ0) is 16.9. The third kappa shape index (κ3) is 4.56. The van der Waals surface area contributed by atoms with Crippen LogP contribution in [0.25, 0.3) is 0 Å². The molecule has 0 radical (unpaired) electrons. The zero-order valence-electron chi connectivity index (χ0n) is 14.8. The molecule has 1 amide bonds. The molecule has 2 aliphatic heterocycles. The largest absolute Gasteiger partial charge is 0.356 e. The van der Waals surface area contributed by atoms with Crippen LogP contribution in [0.15, 0.2) is 30.3 Å². The second-order valence-corrected chi connectivity index (χ2v) is 7.41. The summed E-state index contributed by atoms with van der Waals surface area (Å²) in [5, 5.41) is 3.16. The Balaban J connectivity index is 1.37. The Morgan fingerprint density at radius 2 is 1.92 bits per heavy atom. The van der Waals surface area contributed by atoms with Gasteiger partial charge in [0.1, 0.15) is 0 Å². The van der Waals surface area contributed by atoms with E-state index < -0.39 is 0 Å². The highest BCUT2D eigenvalue weighted by Gasteiger charge is 2.31. The lowest BCUT2D eigenvalue weighted by molar-refractivity contribution is -0.122. The van der Waals surface area contributed by atoms with Crippen LogP contribution >= 0.6 is 0 Å². The first-order valence-electron chi connectivity index (χ1n) is 9.16. The Kier molecular flexibility index (Phi) is 5.87. The Labute approximate surface area is 145 Å². The lowest BCUT2D eigenvalue weighted by Gasteiger charge is -2.19. The van der Waals surface area contributed by atoms with Crippen LogP contribution in [0.4, 0.5) is 0 Å². The molecule has 2 heterocycles. The predicted molar refractivity (Wildman–Crippen MR) is 96.1 cm³/mol. The fraction of sp³-hybridized carbons (Fsp3) is 0.632. The summed E-state index contributed by atoms with van der Waals surface area (Å²) in [5.41, 5.74) is 7.80. The molecule has 2 aliphatic rings. The quantitative estimate of drug-likeness (QED) is 0.740. The van der Waals surface area contributed by atoms with E-state index in [0.29, 0.717) is 30.3 Å². The third-order valence-corrected chi connectivity index (χ3v) is 5.45. The number of amides is 1. The highest BCUT2D eigenvalue weighted by molar-refractivity contribution is 5.76. The molecule has 24 heavy (non-hydrogen) atoms. The highest BCUT2D eigenvalue weighted by atomic mass is 16.1. The number of nitrogens with zero attached hydrogens (tertiary/aromatic N) is 1. The summed E-state index contributed by atoms with van der Waals surface area (Å²) in [4.78, 5) is 14.7. The minimum atomic E-state index is 0.186. The van der Waals surface area contributed by atoms with Gasteiger partial charge in [0.05, 0.1) is 0 Å². The Hall–Kier alpha value is -1.43. The molecule has 3 atom stereocenters. The number of benzene rings is 1. The average Bonchev–Trinajstić information content (AvgIpc) is 3.15. The van der Waals surface area contributed by atoms with Gasteiger partial charge in [0.2, 0.25) is 5.91 Å². The maximum Gasteiger partial charge on any atom is 0.220 e. The molecule has 0 bridgehead atoms. The first-order chi connectivity index (χ1) is 11.6. The van der Waals surface area contributed by atoms with Crippen molar-refractivity contribution in [2.24, 2.45) is 11.8 Å². The summed E-state index contributed by atoms with van der Waals surface area (Å²) in [6.07, 6.45) is 1.77. The van der Waals surface area contributed by atoms with Gasteiger partial charge in [0.15, 0.2) is 0 Å². The minimum Gasteiger partial charge on any atom is -0.356 e. The van der Waals surface area contributed by atoms with Gasteiger partial charge in [-0.15, -0.1) is 0 Å². The van der Waals surface area contributed by atoms with Crippen LogP contribution in [0, 0.1) is 11.8 Å². The molecule has 1 aromatic carbocycles. The van der Waals surface area contributed by atoms with Gasteiger partial charge in [0, 0.05) is 44.1 Å². The normalized spacial score (nSPS) is 30.6. The van der Waals surface area contributed by atoms with Crippen molar-refractivity contribution in [3.05, 3.63) is 35.9 Å². The van der Waals surface area contributed by atoms with Gasteiger partial charge >= 0.3 is 0 Å². The van der Waals surface area contributed by atoms with Gasteiger partial charge in [-0.3, -0.25) is 20.5 Å². The van der Waals surface area contributed by atoms with Crippen molar-refractivity contribution >= 4 is 5.91 Å². The maximum atomic E-state index is 12.2. The van der Waals surface area contributed by atoms with E-state index in [1.54, 1.807) is 0 Å². The van der Waals surface area contributed by atoms with Gasteiger partial charge in [-0.25, -0.2) is 0 Å². The molecule has 5 nitrogen and oxygen atoms in total. The summed E-state index contributed by atoms with van der Waals surface area (Å²) >= 11 is 0. The van der Waals surface area contributed by atoms with E-state index >= 15 is 0 Å². The number of carbonyl (C=O) groups excluding carboxylic acids is 1. The van der Waals surface area contributed by atoms with Gasteiger partial charge in [-0.2, -0.15) is 0 Å². The van der Waals surface area contributed by atoms with Gasteiger partial charge in [-0.1, -0.05) is 30.3 Å². The number of carbonyl (C=O) groups is 1. The fourth-order valence-corrected chi connectivity index (χ4v) is 3.87. The molecule has 0 aliphatic carbocycles. The second kappa shape index (κ2) is 8.10. The molecule has 132 valence electrons. The molecular weight excluding hydrogens is 300 g/mol. The molecule has 0 spiro atoms. The van der Waals surface area contributed by atoms with E-state index in [0.717, 1.165) is 26.2 Å². The molecule has 3 N–H and O–H groups in total. The number of hydrazine groups is 1. The molecular formula is C19H30N4O. The number of hydrogen-bond acceptors (Lipinski definition) is 4. The number of nitrogens with one attached hydrogen (secondary N) is 3. The van der Waals surface area contributed by atoms with E-state index in [9.17, 15) is 4.79 Å². The molecule has 0 saturated carbocycles. The van der Waals surface area contributed by atoms with Gasteiger partial charge in [0.25, 0.3) is 0 Å². The molecule has 3 rings (SSSR count). The fourth-order valence-electron chi connectivity index (χ4n) is 3.87. The lowest BCUT2D eigenvalue weighted by atomic mass is 9.93. The van der Waals surface area contributed by atoms with Crippen molar-refractivity contribution in [2.45, 2.75) is 45.3 Å². The second-order valence-electron chi connectivity index (χ2n) is 7.41. The van der Waals surface area contributed by atoms with E-state index in [4.69, 9.17) is 0 Å². The number of likely N-dealkylation sites (tertiary alicyclic amines) is 1. The van der Waals surface area contributed by atoms with Crippen molar-refractivity contribution in [3.8, 4) is 0 Å². The molecule has 5 heteroatoms. The minimum absolute atomic E-state index is 0.186. The summed E-state index contributed by atoms with van der Waals surface area (Å²) in [6, 6.07) is 11.3. The van der Waals surface area contributed by atoms with Crippen LogP contribution in [0.1, 0.15) is 32.3 Å². The van der Waals surface area contributed by atoms with Crippen LogP contribution in [-0.4, -0.2) is 42.5 Å². The summed E-state index contributed by atoms with van der Waals surface area (Å²) < 4.78 is 0. The summed E-state index contributed by atoms with van der Waals surface area (Å²) in [7, 11) is 0. The Morgan fingerprint density at radius 3 is 2.62 bits per heavy atom. The smallest absolute Gasteiger partial charge is 0.220 e. The first kappa shape index (κ1) is 17.4. The van der Waals surface area contributed by atoms with Crippen molar-refractivity contribution < 1.29 is 4.79 Å². The van der Waals surface area contributed by atoms with Crippen molar-refractivity contribution in [2.75, 3.05) is 19.6 Å². The molecule has 2 fully saturated rings. The topological polar surface area (TPSA) is 56.4 Å². The van der Waals surface area contributed by atoms with Crippen LogP contribution in [0.3, 0.4) is 0 Å². The maximum absolute atomic E-state index is 12.2. The van der Waals surface area contributed by atoms with Crippen LogP contribution in [-0.2, 0) is 11.3 Å².